The topological polar surface area (TPSA) is 72.6 Å². The molecule has 0 fully saturated rings. The SMILES string of the molecule is CCOC(=O)CN(Cc1ccccc1)C(=O)Cc1c(C)noc1C. The summed E-state index contributed by atoms with van der Waals surface area (Å²) in [4.78, 5) is 26.0. The quantitative estimate of drug-likeness (QED) is 0.729. The molecule has 0 spiro atoms. The molecule has 6 heteroatoms. The first-order valence-electron chi connectivity index (χ1n) is 7.90. The second-order valence-corrected chi connectivity index (χ2v) is 5.52. The van der Waals surface area contributed by atoms with Gasteiger partial charge in [0.25, 0.3) is 0 Å². The minimum atomic E-state index is -0.416. The number of ether oxygens (including phenoxy) is 1. The molecule has 0 N–H and O–H groups in total. The Hall–Kier alpha value is -2.63. The van der Waals surface area contributed by atoms with Crippen molar-refractivity contribution in [2.24, 2.45) is 0 Å². The minimum absolute atomic E-state index is 0.0784. The molecule has 0 aliphatic carbocycles. The van der Waals surface area contributed by atoms with Crippen LogP contribution < -0.4 is 0 Å². The molecule has 2 rings (SSSR count). The van der Waals surface area contributed by atoms with Gasteiger partial charge >= 0.3 is 5.97 Å². The van der Waals surface area contributed by atoms with E-state index in [1.165, 1.54) is 4.90 Å². The van der Waals surface area contributed by atoms with Gasteiger partial charge in [-0.3, -0.25) is 9.59 Å². The maximum absolute atomic E-state index is 12.7. The largest absolute Gasteiger partial charge is 0.465 e. The average Bonchev–Trinajstić information content (AvgIpc) is 2.87. The number of amides is 1. The molecule has 0 atom stereocenters. The zero-order chi connectivity index (χ0) is 17.5. The smallest absolute Gasteiger partial charge is 0.325 e. The van der Waals surface area contributed by atoms with Gasteiger partial charge in [-0.1, -0.05) is 35.5 Å². The van der Waals surface area contributed by atoms with Gasteiger partial charge in [-0.25, -0.2) is 0 Å². The summed E-state index contributed by atoms with van der Waals surface area (Å²) >= 11 is 0. The third kappa shape index (κ3) is 4.68. The summed E-state index contributed by atoms with van der Waals surface area (Å²) in [5, 5.41) is 3.87. The predicted molar refractivity (Wildman–Crippen MR) is 88.2 cm³/mol. The van der Waals surface area contributed by atoms with Crippen LogP contribution in [0.3, 0.4) is 0 Å². The van der Waals surface area contributed by atoms with Crippen LogP contribution in [0, 0.1) is 13.8 Å². The number of aromatic nitrogens is 1. The first-order valence-corrected chi connectivity index (χ1v) is 7.90. The maximum atomic E-state index is 12.7. The number of hydrogen-bond acceptors (Lipinski definition) is 5. The number of hydrogen-bond donors (Lipinski definition) is 0. The van der Waals surface area contributed by atoms with Crippen molar-refractivity contribution in [2.45, 2.75) is 33.7 Å². The van der Waals surface area contributed by atoms with Gasteiger partial charge in [0.05, 0.1) is 18.7 Å². The van der Waals surface area contributed by atoms with Crippen LogP contribution >= 0.6 is 0 Å². The highest BCUT2D eigenvalue weighted by atomic mass is 16.5. The summed E-state index contributed by atoms with van der Waals surface area (Å²) in [5.41, 5.74) is 2.41. The average molecular weight is 330 g/mol. The lowest BCUT2D eigenvalue weighted by Gasteiger charge is -2.22. The molecule has 1 heterocycles. The summed E-state index contributed by atoms with van der Waals surface area (Å²) in [6.07, 6.45) is 0.146. The lowest BCUT2D eigenvalue weighted by molar-refractivity contribution is -0.149. The Labute approximate surface area is 141 Å². The molecule has 0 radical (unpaired) electrons. The van der Waals surface area contributed by atoms with E-state index in [9.17, 15) is 9.59 Å². The summed E-state index contributed by atoms with van der Waals surface area (Å²) in [5.74, 6) is 0.0403. The van der Waals surface area contributed by atoms with Crippen LogP contribution in [0.5, 0.6) is 0 Å². The van der Waals surface area contributed by atoms with E-state index in [-0.39, 0.29) is 25.5 Å². The monoisotopic (exact) mass is 330 g/mol. The molecule has 1 amide bonds. The van der Waals surface area contributed by atoms with Gasteiger partial charge in [-0.05, 0) is 26.3 Å². The number of rotatable bonds is 7. The van der Waals surface area contributed by atoms with Crippen LogP contribution in [0.4, 0.5) is 0 Å². The number of carbonyl (C=O) groups is 2. The van der Waals surface area contributed by atoms with Crippen LogP contribution in [0.2, 0.25) is 0 Å². The molecule has 0 bridgehead atoms. The van der Waals surface area contributed by atoms with Crippen molar-refractivity contribution in [2.75, 3.05) is 13.2 Å². The zero-order valence-corrected chi connectivity index (χ0v) is 14.2. The van der Waals surface area contributed by atoms with Crippen molar-refractivity contribution in [1.82, 2.24) is 10.1 Å². The maximum Gasteiger partial charge on any atom is 0.325 e. The number of aryl methyl sites for hydroxylation is 2. The first-order chi connectivity index (χ1) is 11.5. The van der Waals surface area contributed by atoms with Crippen LogP contribution in [0.15, 0.2) is 34.9 Å². The predicted octanol–water partition coefficient (Wildman–Crippen LogP) is 2.43. The van der Waals surface area contributed by atoms with E-state index < -0.39 is 5.97 Å². The second-order valence-electron chi connectivity index (χ2n) is 5.52. The Kier molecular flexibility index (Phi) is 6.12. The summed E-state index contributed by atoms with van der Waals surface area (Å²) < 4.78 is 10.1. The highest BCUT2D eigenvalue weighted by Crippen LogP contribution is 2.15. The summed E-state index contributed by atoms with van der Waals surface area (Å²) in [6.45, 7) is 5.87. The van der Waals surface area contributed by atoms with Crippen LogP contribution in [0.1, 0.15) is 29.5 Å². The van der Waals surface area contributed by atoms with Gasteiger partial charge in [0.2, 0.25) is 5.91 Å². The fourth-order valence-electron chi connectivity index (χ4n) is 2.42. The van der Waals surface area contributed by atoms with Crippen molar-refractivity contribution < 1.29 is 18.8 Å². The van der Waals surface area contributed by atoms with Crippen LogP contribution in [-0.4, -0.2) is 35.1 Å². The van der Waals surface area contributed by atoms with E-state index in [1.54, 1.807) is 20.8 Å². The Morgan fingerprint density at radius 3 is 2.50 bits per heavy atom. The standard InChI is InChI=1S/C18H22N2O4/c1-4-23-18(22)12-20(11-15-8-6-5-7-9-15)17(21)10-16-13(2)19-24-14(16)3/h5-9H,4,10-12H2,1-3H3. The van der Waals surface area contributed by atoms with Crippen molar-refractivity contribution in [3.05, 3.63) is 52.9 Å². The molecule has 128 valence electrons. The lowest BCUT2D eigenvalue weighted by Crippen LogP contribution is -2.37. The second kappa shape index (κ2) is 8.29. The van der Waals surface area contributed by atoms with Gasteiger partial charge < -0.3 is 14.2 Å². The third-order valence-corrected chi connectivity index (χ3v) is 3.70. The van der Waals surface area contributed by atoms with Crippen LogP contribution in [0.25, 0.3) is 0 Å². The summed E-state index contributed by atoms with van der Waals surface area (Å²) in [6, 6.07) is 9.54. The van der Waals surface area contributed by atoms with E-state index >= 15 is 0 Å². The fraction of sp³-hybridized carbons (Fsp3) is 0.389. The molecular formula is C18H22N2O4. The van der Waals surface area contributed by atoms with Crippen molar-refractivity contribution in [3.8, 4) is 0 Å². The Morgan fingerprint density at radius 2 is 1.92 bits per heavy atom. The van der Waals surface area contributed by atoms with Crippen molar-refractivity contribution in [3.63, 3.8) is 0 Å². The van der Waals surface area contributed by atoms with E-state index in [0.717, 1.165) is 11.1 Å². The van der Waals surface area contributed by atoms with Crippen molar-refractivity contribution >= 4 is 11.9 Å². The number of esters is 1. The molecule has 6 nitrogen and oxygen atoms in total. The Balaban J connectivity index is 2.14. The molecule has 1 aromatic carbocycles. The van der Waals surface area contributed by atoms with E-state index in [4.69, 9.17) is 9.26 Å². The van der Waals surface area contributed by atoms with Gasteiger partial charge in [0.15, 0.2) is 0 Å². The van der Waals surface area contributed by atoms with Gasteiger partial charge in [-0.2, -0.15) is 0 Å². The van der Waals surface area contributed by atoms with Crippen molar-refractivity contribution in [1.29, 1.82) is 0 Å². The molecule has 1 aromatic heterocycles. The van der Waals surface area contributed by atoms with E-state index in [0.29, 0.717) is 18.0 Å². The normalized spacial score (nSPS) is 10.5. The molecular weight excluding hydrogens is 308 g/mol. The Bertz CT molecular complexity index is 675. The first kappa shape index (κ1) is 17.7. The molecule has 24 heavy (non-hydrogen) atoms. The molecule has 0 saturated heterocycles. The molecule has 0 aliphatic heterocycles. The molecule has 0 saturated carbocycles. The summed E-state index contributed by atoms with van der Waals surface area (Å²) in [7, 11) is 0. The zero-order valence-electron chi connectivity index (χ0n) is 14.2. The molecule has 2 aromatic rings. The highest BCUT2D eigenvalue weighted by Gasteiger charge is 2.21. The third-order valence-electron chi connectivity index (χ3n) is 3.70. The number of carbonyl (C=O) groups excluding carboxylic acids is 2. The van der Waals surface area contributed by atoms with E-state index in [2.05, 4.69) is 5.16 Å². The number of benzene rings is 1. The fourth-order valence-corrected chi connectivity index (χ4v) is 2.42. The van der Waals surface area contributed by atoms with Crippen LogP contribution in [-0.2, 0) is 27.3 Å². The van der Waals surface area contributed by atoms with Gasteiger partial charge in [0.1, 0.15) is 12.3 Å². The molecule has 0 aliphatic rings. The van der Waals surface area contributed by atoms with Gasteiger partial charge in [-0.15, -0.1) is 0 Å². The number of nitrogens with zero attached hydrogens (tertiary/aromatic N) is 2. The molecule has 0 unspecified atom stereocenters. The van der Waals surface area contributed by atoms with E-state index in [1.807, 2.05) is 30.3 Å². The highest BCUT2D eigenvalue weighted by molar-refractivity contribution is 5.83. The minimum Gasteiger partial charge on any atom is -0.465 e. The van der Waals surface area contributed by atoms with Gasteiger partial charge in [0, 0.05) is 12.1 Å². The Morgan fingerprint density at radius 1 is 1.21 bits per heavy atom. The lowest BCUT2D eigenvalue weighted by atomic mass is 10.1.